The van der Waals surface area contributed by atoms with Crippen molar-refractivity contribution in [3.63, 3.8) is 0 Å². The van der Waals surface area contributed by atoms with Crippen LogP contribution in [0.2, 0.25) is 0 Å². The van der Waals surface area contributed by atoms with Gasteiger partial charge in [0, 0.05) is 0 Å². The van der Waals surface area contributed by atoms with Crippen molar-refractivity contribution in [2.24, 2.45) is 0 Å². The molecule has 16 nitrogen and oxygen atoms in total. The molecule has 2 saturated heterocycles. The minimum Gasteiger partial charge on any atom is -0.394 e. The normalized spacial score (nSPS) is 42.7. The van der Waals surface area contributed by atoms with Gasteiger partial charge in [-0.1, -0.05) is 0 Å². The van der Waals surface area contributed by atoms with Crippen molar-refractivity contribution < 1.29 is 80.2 Å². The first-order valence-corrected chi connectivity index (χ1v) is 10.5. The molecule has 0 bridgehead atoms. The second-order valence-electron chi connectivity index (χ2n) is 8.18. The summed E-state index contributed by atoms with van der Waals surface area (Å²) >= 11 is 0. The summed E-state index contributed by atoms with van der Waals surface area (Å²) < 4.78 is 20.8. The van der Waals surface area contributed by atoms with E-state index in [4.69, 9.17) is 24.1 Å². The zero-order chi connectivity index (χ0) is 25.7. The van der Waals surface area contributed by atoms with Gasteiger partial charge in [0.05, 0.1) is 26.4 Å². The summed E-state index contributed by atoms with van der Waals surface area (Å²) in [7, 11) is 0. The van der Waals surface area contributed by atoms with Crippen LogP contribution in [0.5, 0.6) is 0 Å². The van der Waals surface area contributed by atoms with Crippen molar-refractivity contribution in [3.8, 4) is 0 Å². The maximum atomic E-state index is 10.2. The number of aliphatic hydroxyl groups excluding tert-OH is 12. The molecule has 0 aromatic heterocycles. The van der Waals surface area contributed by atoms with E-state index in [9.17, 15) is 56.2 Å². The molecule has 2 heterocycles. The standard InChI is InChI=1S/C18H34O16/c19-1-5(21)9(23)10(24)6(22)3-31-17-16(30)14(28)12(26)8(34-17)4-32-18-15(29)13(27)11(25)7(2-20)33-18/h5-30H,1-4H2. The Morgan fingerprint density at radius 1 is 0.588 bits per heavy atom. The molecule has 2 fully saturated rings. The van der Waals surface area contributed by atoms with Crippen molar-refractivity contribution in [1.29, 1.82) is 0 Å². The van der Waals surface area contributed by atoms with E-state index in [-0.39, 0.29) is 0 Å². The molecule has 2 aliphatic rings. The molecule has 2 rings (SSSR count). The maximum Gasteiger partial charge on any atom is 0.186 e. The molecule has 202 valence electrons. The third-order valence-corrected chi connectivity index (χ3v) is 5.70. The van der Waals surface area contributed by atoms with Crippen molar-refractivity contribution >= 4 is 0 Å². The molecule has 16 heteroatoms. The second-order valence-corrected chi connectivity index (χ2v) is 8.18. The number of hydrogen-bond acceptors (Lipinski definition) is 16. The fourth-order valence-electron chi connectivity index (χ4n) is 3.44. The summed E-state index contributed by atoms with van der Waals surface area (Å²) in [5.41, 5.74) is 0. The lowest BCUT2D eigenvalue weighted by Gasteiger charge is -2.42. The van der Waals surface area contributed by atoms with Crippen LogP contribution < -0.4 is 0 Å². The molecule has 0 radical (unpaired) electrons. The molecule has 0 amide bonds. The van der Waals surface area contributed by atoms with Gasteiger partial charge in [0.15, 0.2) is 12.6 Å². The Morgan fingerprint density at radius 3 is 1.59 bits per heavy atom. The number of rotatable bonds is 11. The Labute approximate surface area is 193 Å². The van der Waals surface area contributed by atoms with Crippen molar-refractivity contribution in [3.05, 3.63) is 0 Å². The lowest BCUT2D eigenvalue weighted by atomic mass is 9.98. The van der Waals surface area contributed by atoms with Gasteiger partial charge in [-0.05, 0) is 0 Å². The van der Waals surface area contributed by atoms with Crippen LogP contribution in [0.3, 0.4) is 0 Å². The molecule has 0 aromatic rings. The van der Waals surface area contributed by atoms with Crippen molar-refractivity contribution in [2.45, 2.75) is 85.8 Å². The monoisotopic (exact) mass is 506 g/mol. The van der Waals surface area contributed by atoms with Gasteiger partial charge in [0.2, 0.25) is 0 Å². The lowest BCUT2D eigenvalue weighted by Crippen LogP contribution is -2.62. The summed E-state index contributed by atoms with van der Waals surface area (Å²) in [6, 6.07) is 0. The van der Waals surface area contributed by atoms with Crippen LogP contribution in [0.15, 0.2) is 0 Å². The molecular formula is C18H34O16. The SMILES string of the molecule is OCC(O)C(O)C(O)C(O)COC1OC(COC2OC(CO)C(O)C(O)C2O)C(O)C(O)C1O. The molecule has 14 atom stereocenters. The van der Waals surface area contributed by atoms with Crippen LogP contribution in [-0.2, 0) is 18.9 Å². The summed E-state index contributed by atoms with van der Waals surface area (Å²) in [4.78, 5) is 0. The maximum absolute atomic E-state index is 10.2. The van der Waals surface area contributed by atoms with Gasteiger partial charge in [0.25, 0.3) is 0 Å². The van der Waals surface area contributed by atoms with E-state index < -0.39 is 112 Å². The summed E-state index contributed by atoms with van der Waals surface area (Å²) in [6.45, 7) is -2.97. The third kappa shape index (κ3) is 6.77. The van der Waals surface area contributed by atoms with Crippen LogP contribution in [0.4, 0.5) is 0 Å². The smallest absolute Gasteiger partial charge is 0.186 e. The van der Waals surface area contributed by atoms with Crippen LogP contribution in [0.1, 0.15) is 0 Å². The number of hydrogen-bond donors (Lipinski definition) is 12. The van der Waals surface area contributed by atoms with E-state index in [0.29, 0.717) is 0 Å². The van der Waals surface area contributed by atoms with E-state index in [1.807, 2.05) is 0 Å². The molecule has 0 aliphatic carbocycles. The molecule has 2 aliphatic heterocycles. The average Bonchev–Trinajstić information content (AvgIpc) is 2.84. The van der Waals surface area contributed by atoms with E-state index in [2.05, 4.69) is 0 Å². The quantitative estimate of drug-likeness (QED) is 0.124. The van der Waals surface area contributed by atoms with E-state index in [0.717, 1.165) is 0 Å². The molecule has 14 unspecified atom stereocenters. The predicted octanol–water partition coefficient (Wildman–Crippen LogP) is -7.94. The lowest BCUT2D eigenvalue weighted by molar-refractivity contribution is -0.333. The van der Waals surface area contributed by atoms with Crippen LogP contribution in [-0.4, -0.2) is 174 Å². The van der Waals surface area contributed by atoms with Crippen LogP contribution >= 0.6 is 0 Å². The third-order valence-electron chi connectivity index (χ3n) is 5.70. The van der Waals surface area contributed by atoms with E-state index in [1.165, 1.54) is 0 Å². The summed E-state index contributed by atoms with van der Waals surface area (Å²) in [5.74, 6) is 0. The van der Waals surface area contributed by atoms with Gasteiger partial charge in [-0.2, -0.15) is 0 Å². The van der Waals surface area contributed by atoms with E-state index >= 15 is 0 Å². The fourth-order valence-corrected chi connectivity index (χ4v) is 3.44. The van der Waals surface area contributed by atoms with Crippen LogP contribution in [0, 0.1) is 0 Å². The van der Waals surface area contributed by atoms with Crippen molar-refractivity contribution in [2.75, 3.05) is 26.4 Å². The first-order valence-electron chi connectivity index (χ1n) is 10.5. The van der Waals surface area contributed by atoms with Gasteiger partial charge in [-0.25, -0.2) is 0 Å². The highest BCUT2D eigenvalue weighted by molar-refractivity contribution is 4.92. The Bertz CT molecular complexity index is 596. The molecule has 34 heavy (non-hydrogen) atoms. The number of ether oxygens (including phenoxy) is 4. The van der Waals surface area contributed by atoms with Gasteiger partial charge in [-0.15, -0.1) is 0 Å². The Kier molecular flexibility index (Phi) is 11.4. The molecular weight excluding hydrogens is 472 g/mol. The Balaban J connectivity index is 1.95. The van der Waals surface area contributed by atoms with Gasteiger partial charge in [0.1, 0.15) is 73.2 Å². The highest BCUT2D eigenvalue weighted by Crippen LogP contribution is 2.26. The predicted molar refractivity (Wildman–Crippen MR) is 103 cm³/mol. The van der Waals surface area contributed by atoms with Gasteiger partial charge in [-0.3, -0.25) is 0 Å². The molecule has 0 spiro atoms. The summed E-state index contributed by atoms with van der Waals surface area (Å²) in [5, 5.41) is 117. The Morgan fingerprint density at radius 2 is 1.06 bits per heavy atom. The zero-order valence-electron chi connectivity index (χ0n) is 17.9. The Hall–Kier alpha value is -0.640. The fraction of sp³-hybridized carbons (Fsp3) is 1.00. The van der Waals surface area contributed by atoms with Crippen LogP contribution in [0.25, 0.3) is 0 Å². The highest BCUT2D eigenvalue weighted by Gasteiger charge is 2.47. The summed E-state index contributed by atoms with van der Waals surface area (Å²) in [6.07, 6.45) is -23.8. The average molecular weight is 506 g/mol. The first-order chi connectivity index (χ1) is 15.9. The molecule has 12 N–H and O–H groups in total. The molecule has 0 aromatic carbocycles. The van der Waals surface area contributed by atoms with Gasteiger partial charge < -0.3 is 80.2 Å². The molecule has 0 saturated carbocycles. The van der Waals surface area contributed by atoms with Crippen molar-refractivity contribution in [1.82, 2.24) is 0 Å². The minimum absolute atomic E-state index is 0.597. The first kappa shape index (κ1) is 29.6. The topological polar surface area (TPSA) is 280 Å². The zero-order valence-corrected chi connectivity index (χ0v) is 17.9. The largest absolute Gasteiger partial charge is 0.394 e. The highest BCUT2D eigenvalue weighted by atomic mass is 16.7. The second kappa shape index (κ2) is 13.1. The minimum atomic E-state index is -1.95. The van der Waals surface area contributed by atoms with Gasteiger partial charge >= 0.3 is 0 Å². The number of aliphatic hydroxyl groups is 12. The van der Waals surface area contributed by atoms with E-state index in [1.54, 1.807) is 0 Å².